The van der Waals surface area contributed by atoms with Gasteiger partial charge in [-0.3, -0.25) is 0 Å². The highest BCUT2D eigenvalue weighted by molar-refractivity contribution is 9.10. The van der Waals surface area contributed by atoms with Gasteiger partial charge in [-0.25, -0.2) is 4.79 Å². The lowest BCUT2D eigenvalue weighted by atomic mass is 9.99. The number of benzene rings is 2. The van der Waals surface area contributed by atoms with Gasteiger partial charge in [0.15, 0.2) is 0 Å². The second kappa shape index (κ2) is 5.68. The van der Waals surface area contributed by atoms with Crippen LogP contribution in [0.2, 0.25) is 0 Å². The summed E-state index contributed by atoms with van der Waals surface area (Å²) < 4.78 is 5.51. The molecule has 0 atom stereocenters. The minimum absolute atomic E-state index is 0.372. The summed E-state index contributed by atoms with van der Waals surface area (Å²) in [6.07, 6.45) is 0. The average molecular weight is 316 g/mol. The second-order valence-corrected chi connectivity index (χ2v) is 4.79. The monoisotopic (exact) mass is 315 g/mol. The lowest BCUT2D eigenvalue weighted by Crippen LogP contribution is -2.00. The Morgan fingerprint density at radius 2 is 1.89 bits per heavy atom. The number of hydrogen-bond acceptors (Lipinski definition) is 3. The normalized spacial score (nSPS) is 9.74. The fourth-order valence-corrected chi connectivity index (χ4v) is 2.13. The van der Waals surface area contributed by atoms with Crippen molar-refractivity contribution >= 4 is 21.9 Å². The third kappa shape index (κ3) is 2.83. The summed E-state index contributed by atoms with van der Waals surface area (Å²) in [4.78, 5) is 11.3. The van der Waals surface area contributed by atoms with Crippen molar-refractivity contribution in [1.29, 1.82) is 5.26 Å². The standard InChI is InChI=1S/C15H10BrNO2/c1-19-15(18)11-4-2-10(3-5-11)14-7-6-13(16)8-12(14)9-17/h2-8H,1H3. The molecule has 3 nitrogen and oxygen atoms in total. The van der Waals surface area contributed by atoms with Crippen molar-refractivity contribution < 1.29 is 9.53 Å². The van der Waals surface area contributed by atoms with Gasteiger partial charge in [-0.2, -0.15) is 5.26 Å². The molecule has 94 valence electrons. The summed E-state index contributed by atoms with van der Waals surface area (Å²) in [6.45, 7) is 0. The molecule has 0 spiro atoms. The van der Waals surface area contributed by atoms with E-state index in [0.717, 1.165) is 15.6 Å². The zero-order valence-corrected chi connectivity index (χ0v) is 11.8. The Hall–Kier alpha value is -2.12. The fourth-order valence-electron chi connectivity index (χ4n) is 1.76. The van der Waals surface area contributed by atoms with Gasteiger partial charge in [0.1, 0.15) is 0 Å². The van der Waals surface area contributed by atoms with Gasteiger partial charge in [0.05, 0.1) is 24.3 Å². The molecule has 0 fully saturated rings. The molecule has 0 aliphatic heterocycles. The first-order valence-electron chi connectivity index (χ1n) is 5.54. The number of carbonyl (C=O) groups is 1. The van der Waals surface area contributed by atoms with Crippen LogP contribution in [0.5, 0.6) is 0 Å². The van der Waals surface area contributed by atoms with Crippen molar-refractivity contribution in [3.05, 3.63) is 58.1 Å². The third-order valence-corrected chi connectivity index (χ3v) is 3.21. The Balaban J connectivity index is 2.43. The van der Waals surface area contributed by atoms with Crippen LogP contribution in [0.4, 0.5) is 0 Å². The van der Waals surface area contributed by atoms with Gasteiger partial charge in [0, 0.05) is 4.47 Å². The van der Waals surface area contributed by atoms with Crippen molar-refractivity contribution in [3.8, 4) is 17.2 Å². The Labute approximate surface area is 119 Å². The van der Waals surface area contributed by atoms with E-state index in [1.165, 1.54) is 7.11 Å². The molecule has 0 aromatic heterocycles. The molecule has 0 aliphatic rings. The van der Waals surface area contributed by atoms with E-state index < -0.39 is 0 Å². The number of ether oxygens (including phenoxy) is 1. The minimum atomic E-state index is -0.372. The Kier molecular flexibility index (Phi) is 3.98. The Morgan fingerprint density at radius 3 is 2.47 bits per heavy atom. The van der Waals surface area contributed by atoms with Crippen LogP contribution in [-0.4, -0.2) is 13.1 Å². The van der Waals surface area contributed by atoms with Crippen molar-refractivity contribution in [1.82, 2.24) is 0 Å². The molecule has 0 bridgehead atoms. The molecule has 0 saturated carbocycles. The second-order valence-electron chi connectivity index (χ2n) is 3.87. The maximum Gasteiger partial charge on any atom is 0.337 e. The van der Waals surface area contributed by atoms with E-state index in [1.54, 1.807) is 30.3 Å². The van der Waals surface area contributed by atoms with E-state index in [-0.39, 0.29) is 5.97 Å². The van der Waals surface area contributed by atoms with Crippen LogP contribution in [0, 0.1) is 11.3 Å². The molecule has 0 heterocycles. The number of halogens is 1. The van der Waals surface area contributed by atoms with Crippen LogP contribution in [0.25, 0.3) is 11.1 Å². The highest BCUT2D eigenvalue weighted by atomic mass is 79.9. The maximum absolute atomic E-state index is 11.3. The first-order valence-corrected chi connectivity index (χ1v) is 6.33. The molecule has 19 heavy (non-hydrogen) atoms. The first-order chi connectivity index (χ1) is 9.15. The number of nitrogens with zero attached hydrogens (tertiary/aromatic N) is 1. The van der Waals surface area contributed by atoms with Crippen molar-refractivity contribution in [2.24, 2.45) is 0 Å². The van der Waals surface area contributed by atoms with Crippen molar-refractivity contribution in [3.63, 3.8) is 0 Å². The molecular formula is C15H10BrNO2. The zero-order valence-electron chi connectivity index (χ0n) is 10.2. The number of methoxy groups -OCH3 is 1. The minimum Gasteiger partial charge on any atom is -0.465 e. The van der Waals surface area contributed by atoms with Crippen LogP contribution < -0.4 is 0 Å². The van der Waals surface area contributed by atoms with Crippen LogP contribution in [0.15, 0.2) is 46.9 Å². The molecule has 0 N–H and O–H groups in total. The summed E-state index contributed by atoms with van der Waals surface area (Å²) in [5.74, 6) is -0.372. The van der Waals surface area contributed by atoms with Crippen molar-refractivity contribution in [2.75, 3.05) is 7.11 Å². The smallest absolute Gasteiger partial charge is 0.337 e. The highest BCUT2D eigenvalue weighted by Gasteiger charge is 2.08. The van der Waals surface area contributed by atoms with Crippen LogP contribution in [0.1, 0.15) is 15.9 Å². The molecule has 2 aromatic carbocycles. The van der Waals surface area contributed by atoms with Gasteiger partial charge in [0.25, 0.3) is 0 Å². The average Bonchev–Trinajstić information content (AvgIpc) is 2.46. The predicted molar refractivity (Wildman–Crippen MR) is 75.6 cm³/mol. The molecule has 0 saturated heterocycles. The van der Waals surface area contributed by atoms with E-state index in [4.69, 9.17) is 5.26 Å². The van der Waals surface area contributed by atoms with Crippen LogP contribution in [-0.2, 0) is 4.74 Å². The third-order valence-electron chi connectivity index (χ3n) is 2.72. The Bertz CT molecular complexity index is 657. The van der Waals surface area contributed by atoms with Gasteiger partial charge in [-0.15, -0.1) is 0 Å². The summed E-state index contributed by atoms with van der Waals surface area (Å²) in [6, 6.07) is 14.7. The topological polar surface area (TPSA) is 50.1 Å². The molecular weight excluding hydrogens is 306 g/mol. The Morgan fingerprint density at radius 1 is 1.21 bits per heavy atom. The zero-order chi connectivity index (χ0) is 13.8. The number of hydrogen-bond donors (Lipinski definition) is 0. The maximum atomic E-state index is 11.3. The number of carbonyl (C=O) groups excluding carboxylic acids is 1. The summed E-state index contributed by atoms with van der Waals surface area (Å²) in [5, 5.41) is 9.14. The van der Waals surface area contributed by atoms with E-state index >= 15 is 0 Å². The molecule has 2 rings (SSSR count). The van der Waals surface area contributed by atoms with E-state index in [1.807, 2.05) is 12.1 Å². The van der Waals surface area contributed by atoms with Gasteiger partial charge < -0.3 is 4.74 Å². The van der Waals surface area contributed by atoms with E-state index in [0.29, 0.717) is 11.1 Å². The number of nitriles is 1. The first kappa shape index (κ1) is 13.3. The van der Waals surface area contributed by atoms with Crippen molar-refractivity contribution in [2.45, 2.75) is 0 Å². The summed E-state index contributed by atoms with van der Waals surface area (Å²) in [7, 11) is 1.35. The fraction of sp³-hybridized carbons (Fsp3) is 0.0667. The van der Waals surface area contributed by atoms with Crippen LogP contribution in [0.3, 0.4) is 0 Å². The van der Waals surface area contributed by atoms with Gasteiger partial charge in [-0.05, 0) is 35.4 Å². The predicted octanol–water partition coefficient (Wildman–Crippen LogP) is 3.77. The number of esters is 1. The SMILES string of the molecule is COC(=O)c1ccc(-c2ccc(Br)cc2C#N)cc1. The molecule has 2 aromatic rings. The number of rotatable bonds is 2. The summed E-state index contributed by atoms with van der Waals surface area (Å²) in [5.41, 5.74) is 2.79. The quantitative estimate of drug-likeness (QED) is 0.792. The molecule has 4 heteroatoms. The lowest BCUT2D eigenvalue weighted by molar-refractivity contribution is 0.0601. The van der Waals surface area contributed by atoms with E-state index in [9.17, 15) is 4.79 Å². The van der Waals surface area contributed by atoms with Gasteiger partial charge in [0.2, 0.25) is 0 Å². The lowest BCUT2D eigenvalue weighted by Gasteiger charge is -2.06. The highest BCUT2D eigenvalue weighted by Crippen LogP contribution is 2.26. The van der Waals surface area contributed by atoms with Crippen LogP contribution >= 0.6 is 15.9 Å². The summed E-state index contributed by atoms with van der Waals surface area (Å²) >= 11 is 3.34. The molecule has 0 radical (unpaired) electrons. The molecule has 0 amide bonds. The van der Waals surface area contributed by atoms with Gasteiger partial charge in [-0.1, -0.05) is 34.1 Å². The largest absolute Gasteiger partial charge is 0.465 e. The molecule has 0 unspecified atom stereocenters. The van der Waals surface area contributed by atoms with E-state index in [2.05, 4.69) is 26.7 Å². The molecule has 0 aliphatic carbocycles. The van der Waals surface area contributed by atoms with Gasteiger partial charge >= 0.3 is 5.97 Å².